The van der Waals surface area contributed by atoms with Crippen LogP contribution in [0.3, 0.4) is 0 Å². The maximum atomic E-state index is 12.2. The third kappa shape index (κ3) is 4.81. The number of amides is 1. The van der Waals surface area contributed by atoms with Crippen LogP contribution in [0.5, 0.6) is 0 Å². The van der Waals surface area contributed by atoms with Crippen LogP contribution in [0.4, 0.5) is 5.82 Å². The Hall–Kier alpha value is -2.43. The van der Waals surface area contributed by atoms with E-state index in [1.54, 1.807) is 0 Å². The topological polar surface area (TPSA) is 58.1 Å². The van der Waals surface area contributed by atoms with Crippen molar-refractivity contribution in [2.75, 3.05) is 24.5 Å². The molecule has 1 saturated heterocycles. The standard InChI is InChI=1S/C21H28N4O/c1-2-3-4-5-14-22-21(26)18-10-8-17(9-11-18)19-12-13-20(24-23-19)25-15-6-7-16-25/h8-13H,2-7,14-16H2,1H3,(H,22,26). The Kier molecular flexibility index (Phi) is 6.58. The van der Waals surface area contributed by atoms with Crippen molar-refractivity contribution in [1.29, 1.82) is 0 Å². The van der Waals surface area contributed by atoms with Gasteiger partial charge in [0, 0.05) is 30.8 Å². The minimum absolute atomic E-state index is 0.0106. The Bertz CT molecular complexity index is 691. The van der Waals surface area contributed by atoms with Crippen LogP contribution in [0.25, 0.3) is 11.3 Å². The smallest absolute Gasteiger partial charge is 0.251 e. The van der Waals surface area contributed by atoms with E-state index in [4.69, 9.17) is 0 Å². The summed E-state index contributed by atoms with van der Waals surface area (Å²) in [5, 5.41) is 11.7. The molecule has 0 atom stereocenters. The summed E-state index contributed by atoms with van der Waals surface area (Å²) in [6, 6.07) is 11.6. The molecule has 2 aromatic rings. The fraction of sp³-hybridized carbons (Fsp3) is 0.476. The van der Waals surface area contributed by atoms with Crippen LogP contribution < -0.4 is 10.2 Å². The van der Waals surface area contributed by atoms with Gasteiger partial charge in [-0.3, -0.25) is 4.79 Å². The number of aromatic nitrogens is 2. The molecular formula is C21H28N4O. The zero-order valence-corrected chi connectivity index (χ0v) is 15.6. The molecule has 1 aliphatic heterocycles. The highest BCUT2D eigenvalue weighted by Crippen LogP contribution is 2.21. The highest BCUT2D eigenvalue weighted by molar-refractivity contribution is 5.94. The molecule has 1 fully saturated rings. The Morgan fingerprint density at radius 3 is 2.42 bits per heavy atom. The minimum atomic E-state index is -0.0106. The van der Waals surface area contributed by atoms with Gasteiger partial charge in [0.15, 0.2) is 5.82 Å². The maximum absolute atomic E-state index is 12.2. The first-order valence-corrected chi connectivity index (χ1v) is 9.75. The van der Waals surface area contributed by atoms with Gasteiger partial charge in [0.25, 0.3) is 5.91 Å². The first-order chi connectivity index (χ1) is 12.8. The Morgan fingerprint density at radius 2 is 1.77 bits per heavy atom. The van der Waals surface area contributed by atoms with Gasteiger partial charge in [-0.1, -0.05) is 38.3 Å². The van der Waals surface area contributed by atoms with Crippen molar-refractivity contribution in [1.82, 2.24) is 15.5 Å². The molecule has 1 aromatic carbocycles. The zero-order chi connectivity index (χ0) is 18.2. The zero-order valence-electron chi connectivity index (χ0n) is 15.6. The van der Waals surface area contributed by atoms with Crippen molar-refractivity contribution >= 4 is 11.7 Å². The Labute approximate surface area is 155 Å². The van der Waals surface area contributed by atoms with Crippen molar-refractivity contribution in [3.63, 3.8) is 0 Å². The molecule has 5 nitrogen and oxygen atoms in total. The van der Waals surface area contributed by atoms with Crippen LogP contribution in [0.1, 0.15) is 55.8 Å². The predicted octanol–water partition coefficient (Wildman–Crippen LogP) is 4.05. The fourth-order valence-corrected chi connectivity index (χ4v) is 3.24. The number of anilines is 1. The summed E-state index contributed by atoms with van der Waals surface area (Å²) < 4.78 is 0. The van der Waals surface area contributed by atoms with Gasteiger partial charge < -0.3 is 10.2 Å². The lowest BCUT2D eigenvalue weighted by Gasteiger charge is -2.15. The molecule has 26 heavy (non-hydrogen) atoms. The van der Waals surface area contributed by atoms with Gasteiger partial charge in [-0.2, -0.15) is 0 Å². The van der Waals surface area contributed by atoms with E-state index in [1.165, 1.54) is 32.1 Å². The SMILES string of the molecule is CCCCCCNC(=O)c1ccc(-c2ccc(N3CCCC3)nn2)cc1. The van der Waals surface area contributed by atoms with Gasteiger partial charge in [-0.25, -0.2) is 0 Å². The monoisotopic (exact) mass is 352 g/mol. The van der Waals surface area contributed by atoms with Crippen LogP contribution in [0, 0.1) is 0 Å². The number of carbonyl (C=O) groups is 1. The van der Waals surface area contributed by atoms with E-state index in [0.29, 0.717) is 5.56 Å². The molecular weight excluding hydrogens is 324 g/mol. The van der Waals surface area contributed by atoms with Crippen LogP contribution in [0.15, 0.2) is 36.4 Å². The molecule has 0 saturated carbocycles. The van der Waals surface area contributed by atoms with E-state index in [-0.39, 0.29) is 5.91 Å². The average Bonchev–Trinajstić information content (AvgIpc) is 3.23. The second-order valence-electron chi connectivity index (χ2n) is 6.86. The van der Waals surface area contributed by atoms with Crippen LogP contribution in [-0.4, -0.2) is 35.7 Å². The molecule has 1 aliphatic rings. The summed E-state index contributed by atoms with van der Waals surface area (Å²) in [6.45, 7) is 5.06. The number of nitrogens with one attached hydrogen (secondary N) is 1. The van der Waals surface area contributed by atoms with Crippen molar-refractivity contribution in [2.24, 2.45) is 0 Å². The largest absolute Gasteiger partial charge is 0.355 e. The summed E-state index contributed by atoms with van der Waals surface area (Å²) >= 11 is 0. The molecule has 0 radical (unpaired) electrons. The number of hydrogen-bond donors (Lipinski definition) is 1. The fourth-order valence-electron chi connectivity index (χ4n) is 3.24. The summed E-state index contributed by atoms with van der Waals surface area (Å²) in [6.07, 6.45) is 7.09. The lowest BCUT2D eigenvalue weighted by molar-refractivity contribution is 0.0953. The van der Waals surface area contributed by atoms with Gasteiger partial charge >= 0.3 is 0 Å². The Morgan fingerprint density at radius 1 is 1.00 bits per heavy atom. The normalized spacial score (nSPS) is 13.8. The summed E-state index contributed by atoms with van der Waals surface area (Å²) in [5.41, 5.74) is 2.50. The first-order valence-electron chi connectivity index (χ1n) is 9.75. The highest BCUT2D eigenvalue weighted by Gasteiger charge is 2.14. The molecule has 138 valence electrons. The molecule has 5 heteroatoms. The summed E-state index contributed by atoms with van der Waals surface area (Å²) in [4.78, 5) is 14.4. The summed E-state index contributed by atoms with van der Waals surface area (Å²) in [7, 11) is 0. The molecule has 1 amide bonds. The average molecular weight is 352 g/mol. The number of unbranched alkanes of at least 4 members (excludes halogenated alkanes) is 3. The number of nitrogens with zero attached hydrogens (tertiary/aromatic N) is 3. The van der Waals surface area contributed by atoms with Crippen LogP contribution in [-0.2, 0) is 0 Å². The van der Waals surface area contributed by atoms with Gasteiger partial charge in [0.2, 0.25) is 0 Å². The van der Waals surface area contributed by atoms with Gasteiger partial charge in [0.1, 0.15) is 0 Å². The van der Waals surface area contributed by atoms with Crippen molar-refractivity contribution < 1.29 is 4.79 Å². The van der Waals surface area contributed by atoms with E-state index < -0.39 is 0 Å². The molecule has 2 heterocycles. The molecule has 0 spiro atoms. The quantitative estimate of drug-likeness (QED) is 0.728. The summed E-state index contributed by atoms with van der Waals surface area (Å²) in [5.74, 6) is 0.939. The molecule has 3 rings (SSSR count). The number of hydrogen-bond acceptors (Lipinski definition) is 4. The number of rotatable bonds is 8. The van der Waals surface area contributed by atoms with E-state index >= 15 is 0 Å². The van der Waals surface area contributed by atoms with Gasteiger partial charge in [-0.05, 0) is 43.5 Å². The molecule has 0 bridgehead atoms. The van der Waals surface area contributed by atoms with E-state index in [1.807, 2.05) is 36.4 Å². The number of benzene rings is 1. The minimum Gasteiger partial charge on any atom is -0.355 e. The lowest BCUT2D eigenvalue weighted by atomic mass is 10.1. The van der Waals surface area contributed by atoms with Crippen molar-refractivity contribution in [3.8, 4) is 11.3 Å². The maximum Gasteiger partial charge on any atom is 0.251 e. The third-order valence-electron chi connectivity index (χ3n) is 4.84. The second-order valence-corrected chi connectivity index (χ2v) is 6.86. The van der Waals surface area contributed by atoms with Gasteiger partial charge in [0.05, 0.1) is 5.69 Å². The van der Waals surface area contributed by atoms with Crippen LogP contribution >= 0.6 is 0 Å². The molecule has 0 unspecified atom stereocenters. The molecule has 0 aliphatic carbocycles. The van der Waals surface area contributed by atoms with E-state index in [9.17, 15) is 4.79 Å². The predicted molar refractivity (Wildman–Crippen MR) is 105 cm³/mol. The third-order valence-corrected chi connectivity index (χ3v) is 4.84. The van der Waals surface area contributed by atoms with Crippen LogP contribution in [0.2, 0.25) is 0 Å². The number of carbonyl (C=O) groups excluding carboxylic acids is 1. The van der Waals surface area contributed by atoms with E-state index in [2.05, 4.69) is 27.3 Å². The van der Waals surface area contributed by atoms with Gasteiger partial charge in [-0.15, -0.1) is 10.2 Å². The molecule has 1 N–H and O–H groups in total. The highest BCUT2D eigenvalue weighted by atomic mass is 16.1. The van der Waals surface area contributed by atoms with Crippen molar-refractivity contribution in [2.45, 2.75) is 45.4 Å². The Balaban J connectivity index is 1.56. The lowest BCUT2D eigenvalue weighted by Crippen LogP contribution is -2.24. The molecule has 1 aromatic heterocycles. The van der Waals surface area contributed by atoms with Crippen molar-refractivity contribution in [3.05, 3.63) is 42.0 Å². The van der Waals surface area contributed by atoms with E-state index in [0.717, 1.165) is 43.1 Å². The first kappa shape index (κ1) is 18.4. The second kappa shape index (κ2) is 9.32.